The molecule has 0 radical (unpaired) electrons. The van der Waals surface area contributed by atoms with E-state index in [1.54, 1.807) is 46.8 Å². The summed E-state index contributed by atoms with van der Waals surface area (Å²) in [4.78, 5) is 39.9. The number of ether oxygens (including phenoxy) is 3. The predicted octanol–water partition coefficient (Wildman–Crippen LogP) is 1.49. The molecule has 40 heavy (non-hydrogen) atoms. The highest BCUT2D eigenvalue weighted by Gasteiger charge is 2.74. The molecule has 0 aromatic heterocycles. The molecule has 0 spiro atoms. The van der Waals surface area contributed by atoms with Crippen molar-refractivity contribution < 1.29 is 38.8 Å². The van der Waals surface area contributed by atoms with E-state index >= 15 is 0 Å². The van der Waals surface area contributed by atoms with Crippen LogP contribution in [-0.4, -0.2) is 64.1 Å². The number of carbonyl (C=O) groups excluding carboxylic acids is 3. The molecule has 0 aromatic carbocycles. The average Bonchev–Trinajstić information content (AvgIpc) is 2.86. The Morgan fingerprint density at radius 2 is 1.80 bits per heavy atom. The Labute approximate surface area is 234 Å². The fourth-order valence-corrected chi connectivity index (χ4v) is 7.31. The molecule has 8 atom stereocenters. The van der Waals surface area contributed by atoms with E-state index in [9.17, 15) is 24.6 Å². The molecule has 2 fully saturated rings. The first kappa shape index (κ1) is 29.2. The number of aliphatic hydroxyl groups excluding tert-OH is 1. The van der Waals surface area contributed by atoms with Crippen LogP contribution in [0.1, 0.15) is 48.0 Å². The van der Waals surface area contributed by atoms with Gasteiger partial charge in [-0.05, 0) is 60.5 Å². The zero-order valence-corrected chi connectivity index (χ0v) is 23.4. The van der Waals surface area contributed by atoms with Crippen LogP contribution in [0.2, 0.25) is 0 Å². The fourth-order valence-electron chi connectivity index (χ4n) is 7.31. The van der Waals surface area contributed by atoms with Crippen molar-refractivity contribution in [3.63, 3.8) is 0 Å². The van der Waals surface area contributed by atoms with E-state index in [4.69, 9.17) is 20.6 Å². The number of hydrogen-bond acceptors (Lipinski definition) is 8. The number of fused-ring (bicyclic) bond motifs is 5. The molecule has 4 rings (SSSR count). The van der Waals surface area contributed by atoms with E-state index < -0.39 is 64.1 Å². The molecule has 4 aliphatic rings. The topological polar surface area (TPSA) is 119 Å². The van der Waals surface area contributed by atoms with E-state index in [-0.39, 0.29) is 18.8 Å². The van der Waals surface area contributed by atoms with Crippen LogP contribution in [0.3, 0.4) is 0 Å². The first-order valence-corrected chi connectivity index (χ1v) is 13.0. The van der Waals surface area contributed by atoms with Crippen LogP contribution in [0.5, 0.6) is 0 Å². The maximum Gasteiger partial charge on any atom is 0.385 e. The van der Waals surface area contributed by atoms with Crippen molar-refractivity contribution in [1.29, 1.82) is 0 Å². The standard InChI is InChI=1S/C32H32O8/c1-8-9-10-11-12-13-14-24(35)39-28-26-30(7,16-15-23-31(26,18-38-23)40-21(4)33)27(36)20(3)25-19(2)22(34)17-32(28,37)29(25,5)6/h1,15-16,20,22-23,26,28,34,37H,17-18H2,2-7H3/t20-,22+,23-,26+,28+,30-,31+,32-/m1/s1. The zero-order chi connectivity index (χ0) is 29.7. The maximum atomic E-state index is 14.4. The van der Waals surface area contributed by atoms with E-state index in [0.717, 1.165) is 0 Å². The van der Waals surface area contributed by atoms with Gasteiger partial charge in [-0.25, -0.2) is 4.79 Å². The van der Waals surface area contributed by atoms with Gasteiger partial charge in [0.1, 0.15) is 23.6 Å². The molecule has 8 nitrogen and oxygen atoms in total. The molecule has 1 saturated carbocycles. The van der Waals surface area contributed by atoms with Crippen molar-refractivity contribution in [3.05, 3.63) is 23.3 Å². The third-order valence-corrected chi connectivity index (χ3v) is 9.13. The second kappa shape index (κ2) is 9.99. The monoisotopic (exact) mass is 544 g/mol. The second-order valence-corrected chi connectivity index (χ2v) is 11.6. The van der Waals surface area contributed by atoms with Crippen molar-refractivity contribution >= 4 is 17.7 Å². The highest BCUT2D eigenvalue weighted by molar-refractivity contribution is 5.93. The zero-order valence-electron chi connectivity index (χ0n) is 23.4. The SMILES string of the molecule is C#CC#CC#CC#CC(=O)O[C@H]1[C@@H]2[C@]3(OC(C)=O)CO[C@@H]3C=C[C@@]2(C)C(=O)[C@H](C)C2=C(C)[C@@H](O)C[C@]1(O)C2(C)C. The van der Waals surface area contributed by atoms with Gasteiger partial charge in [0, 0.05) is 30.6 Å². The molecular formula is C32H32O8. The summed E-state index contributed by atoms with van der Waals surface area (Å²) in [6.45, 7) is 9.87. The van der Waals surface area contributed by atoms with Crippen molar-refractivity contribution in [2.75, 3.05) is 6.61 Å². The Bertz CT molecular complexity index is 1460. The van der Waals surface area contributed by atoms with Crippen LogP contribution in [0.15, 0.2) is 23.3 Å². The minimum absolute atomic E-state index is 0.0800. The molecule has 0 aromatic rings. The fraction of sp³-hybridized carbons (Fsp3) is 0.531. The molecule has 8 heteroatoms. The quantitative estimate of drug-likeness (QED) is 0.232. The lowest BCUT2D eigenvalue weighted by Crippen LogP contribution is -2.77. The van der Waals surface area contributed by atoms with Gasteiger partial charge in [-0.3, -0.25) is 9.59 Å². The minimum Gasteiger partial charge on any atom is -0.453 e. The van der Waals surface area contributed by atoms with E-state index in [1.807, 2.05) is 0 Å². The van der Waals surface area contributed by atoms with Crippen LogP contribution in [0.25, 0.3) is 0 Å². The van der Waals surface area contributed by atoms with E-state index in [2.05, 4.69) is 41.4 Å². The van der Waals surface area contributed by atoms with Crippen molar-refractivity contribution in [2.24, 2.45) is 22.7 Å². The lowest BCUT2D eigenvalue weighted by atomic mass is 9.45. The first-order chi connectivity index (χ1) is 18.7. The van der Waals surface area contributed by atoms with Crippen LogP contribution in [0.4, 0.5) is 0 Å². The summed E-state index contributed by atoms with van der Waals surface area (Å²) < 4.78 is 17.6. The summed E-state index contributed by atoms with van der Waals surface area (Å²) in [5.74, 6) is 12.5. The highest BCUT2D eigenvalue weighted by atomic mass is 16.6. The average molecular weight is 545 g/mol. The number of carbonyl (C=O) groups is 3. The summed E-state index contributed by atoms with van der Waals surface area (Å²) >= 11 is 0. The van der Waals surface area contributed by atoms with Gasteiger partial charge in [0.25, 0.3) is 0 Å². The van der Waals surface area contributed by atoms with Gasteiger partial charge in [0.15, 0.2) is 5.60 Å². The van der Waals surface area contributed by atoms with Crippen LogP contribution in [0, 0.1) is 70.5 Å². The number of aliphatic hydroxyl groups is 2. The van der Waals surface area contributed by atoms with Crippen molar-refractivity contribution in [2.45, 2.75) is 77.5 Å². The van der Waals surface area contributed by atoms with Crippen molar-refractivity contribution in [1.82, 2.24) is 0 Å². The number of allylic oxidation sites excluding steroid dienone is 1. The van der Waals surface area contributed by atoms with Crippen LogP contribution < -0.4 is 0 Å². The van der Waals surface area contributed by atoms with Crippen molar-refractivity contribution in [3.8, 4) is 47.9 Å². The number of terminal acetylenes is 1. The Kier molecular flexibility index (Phi) is 7.30. The molecule has 2 N–H and O–H groups in total. The lowest BCUT2D eigenvalue weighted by Gasteiger charge is -2.65. The summed E-state index contributed by atoms with van der Waals surface area (Å²) in [6, 6.07) is 0. The third-order valence-electron chi connectivity index (χ3n) is 9.13. The molecule has 0 amide bonds. The minimum atomic E-state index is -1.90. The number of Topliss-reactive ketones (excluding diaryl/α,β-unsaturated/α-hetero) is 1. The molecule has 208 valence electrons. The summed E-state index contributed by atoms with van der Waals surface area (Å²) in [7, 11) is 0. The Hall–Kier alpha value is -3.79. The normalized spacial score (nSPS) is 38.4. The van der Waals surface area contributed by atoms with Gasteiger partial charge in [-0.15, -0.1) is 6.42 Å². The summed E-state index contributed by atoms with van der Waals surface area (Å²) in [5, 5.41) is 23.8. The maximum absolute atomic E-state index is 14.4. The van der Waals surface area contributed by atoms with Crippen LogP contribution >= 0.6 is 0 Å². The second-order valence-electron chi connectivity index (χ2n) is 11.6. The van der Waals surface area contributed by atoms with Gasteiger partial charge in [0.05, 0.1) is 24.0 Å². The number of rotatable bonds is 2. The lowest BCUT2D eigenvalue weighted by molar-refractivity contribution is -0.307. The molecule has 1 aliphatic heterocycles. The largest absolute Gasteiger partial charge is 0.453 e. The molecular weight excluding hydrogens is 512 g/mol. The molecule has 1 saturated heterocycles. The number of ketones is 1. The molecule has 1 heterocycles. The Balaban J connectivity index is 1.97. The first-order valence-electron chi connectivity index (χ1n) is 13.0. The molecule has 0 unspecified atom stereocenters. The highest BCUT2D eigenvalue weighted by Crippen LogP contribution is 2.63. The predicted molar refractivity (Wildman–Crippen MR) is 143 cm³/mol. The number of hydrogen-bond donors (Lipinski definition) is 2. The van der Waals surface area contributed by atoms with Gasteiger partial charge in [-0.2, -0.15) is 0 Å². The smallest absolute Gasteiger partial charge is 0.385 e. The van der Waals surface area contributed by atoms with Gasteiger partial charge >= 0.3 is 11.9 Å². The Morgan fingerprint density at radius 3 is 2.40 bits per heavy atom. The van der Waals surface area contributed by atoms with Crippen LogP contribution in [-0.2, 0) is 28.6 Å². The summed E-state index contributed by atoms with van der Waals surface area (Å²) in [5.41, 5.74) is -4.65. The van der Waals surface area contributed by atoms with Gasteiger partial charge in [0.2, 0.25) is 0 Å². The molecule has 3 aliphatic carbocycles. The number of esters is 2. The van der Waals surface area contributed by atoms with Gasteiger partial charge in [-0.1, -0.05) is 32.9 Å². The van der Waals surface area contributed by atoms with E-state index in [0.29, 0.717) is 11.1 Å². The summed E-state index contributed by atoms with van der Waals surface area (Å²) in [6.07, 6.45) is 4.93. The molecule has 2 bridgehead atoms. The third kappa shape index (κ3) is 4.16. The van der Waals surface area contributed by atoms with Gasteiger partial charge < -0.3 is 24.4 Å². The Morgan fingerprint density at radius 1 is 1.15 bits per heavy atom. The van der Waals surface area contributed by atoms with E-state index in [1.165, 1.54) is 6.92 Å².